The molecule has 1 aromatic heterocycles. The monoisotopic (exact) mass is 267 g/mol. The molecule has 98 valence electrons. The second-order valence-electron chi connectivity index (χ2n) is 5.62. The minimum Gasteiger partial charge on any atom is -0.398 e. The first-order valence-electron chi connectivity index (χ1n) is 6.28. The number of hydrogen-bond acceptors (Lipinski definition) is 3. The van der Waals surface area contributed by atoms with Crippen LogP contribution in [0.1, 0.15) is 40.2 Å². The molecule has 0 radical (unpaired) electrons. The summed E-state index contributed by atoms with van der Waals surface area (Å²) in [6, 6.07) is 3.78. The van der Waals surface area contributed by atoms with Crippen LogP contribution in [0.5, 0.6) is 0 Å². The van der Waals surface area contributed by atoms with Crippen molar-refractivity contribution in [1.82, 2.24) is 4.98 Å². The van der Waals surface area contributed by atoms with E-state index in [4.69, 9.17) is 20.9 Å². The van der Waals surface area contributed by atoms with E-state index in [0.717, 1.165) is 17.6 Å². The molecule has 0 aromatic carbocycles. The highest BCUT2D eigenvalue weighted by Crippen LogP contribution is 2.36. The van der Waals surface area contributed by atoms with Gasteiger partial charge in [0.1, 0.15) is 5.15 Å². The quantitative estimate of drug-likeness (QED) is 0.610. The van der Waals surface area contributed by atoms with E-state index >= 15 is 0 Å². The predicted molar refractivity (Wildman–Crippen MR) is 74.3 cm³/mol. The average molecular weight is 268 g/mol. The molecule has 1 saturated heterocycles. The standard InChI is InChI=1S/C13H19BClNO2/c1-6-9-7-8-10(15)16-11(9)14-17-12(2,3)13(4,5)18-14/h7-8H,6H2,1-5H3. The van der Waals surface area contributed by atoms with E-state index in [9.17, 15) is 0 Å². The Hall–Kier alpha value is -0.575. The van der Waals surface area contributed by atoms with Crippen LogP contribution in [0.4, 0.5) is 0 Å². The molecule has 18 heavy (non-hydrogen) atoms. The van der Waals surface area contributed by atoms with Crippen molar-refractivity contribution in [2.24, 2.45) is 0 Å². The lowest BCUT2D eigenvalue weighted by Crippen LogP contribution is -2.41. The Balaban J connectivity index is 2.37. The Labute approximate surface area is 114 Å². The van der Waals surface area contributed by atoms with E-state index in [-0.39, 0.29) is 11.2 Å². The van der Waals surface area contributed by atoms with E-state index in [0.29, 0.717) is 5.15 Å². The number of nitrogens with zero attached hydrogens (tertiary/aromatic N) is 1. The normalized spacial score (nSPS) is 21.3. The van der Waals surface area contributed by atoms with Gasteiger partial charge in [0, 0.05) is 0 Å². The van der Waals surface area contributed by atoms with Gasteiger partial charge in [0.05, 0.1) is 16.8 Å². The predicted octanol–water partition coefficient (Wildman–Crippen LogP) is 2.60. The summed E-state index contributed by atoms with van der Waals surface area (Å²) >= 11 is 5.97. The van der Waals surface area contributed by atoms with Gasteiger partial charge in [-0.3, -0.25) is 0 Å². The van der Waals surface area contributed by atoms with Gasteiger partial charge in [0.25, 0.3) is 0 Å². The van der Waals surface area contributed by atoms with Crippen molar-refractivity contribution in [2.75, 3.05) is 0 Å². The van der Waals surface area contributed by atoms with Gasteiger partial charge in [-0.2, -0.15) is 0 Å². The van der Waals surface area contributed by atoms with Gasteiger partial charge in [0.15, 0.2) is 0 Å². The van der Waals surface area contributed by atoms with Crippen LogP contribution in [0.15, 0.2) is 12.1 Å². The molecule has 1 aliphatic rings. The van der Waals surface area contributed by atoms with Crippen LogP contribution in [0.25, 0.3) is 0 Å². The highest BCUT2D eigenvalue weighted by atomic mass is 35.5. The van der Waals surface area contributed by atoms with Gasteiger partial charge in [0.2, 0.25) is 0 Å². The zero-order valence-corrected chi connectivity index (χ0v) is 12.3. The molecule has 0 atom stereocenters. The average Bonchev–Trinajstić information content (AvgIpc) is 2.48. The number of aryl methyl sites for hydroxylation is 1. The Kier molecular flexibility index (Phi) is 3.47. The minimum absolute atomic E-state index is 0.354. The summed E-state index contributed by atoms with van der Waals surface area (Å²) in [5.41, 5.74) is 1.20. The summed E-state index contributed by atoms with van der Waals surface area (Å²) < 4.78 is 12.0. The molecule has 2 heterocycles. The Morgan fingerprint density at radius 2 is 1.72 bits per heavy atom. The first-order chi connectivity index (χ1) is 8.27. The number of rotatable bonds is 2. The van der Waals surface area contributed by atoms with Crippen molar-refractivity contribution < 1.29 is 9.31 Å². The highest BCUT2D eigenvalue weighted by Gasteiger charge is 2.52. The zero-order chi connectivity index (χ0) is 13.6. The number of pyridine rings is 1. The largest absolute Gasteiger partial charge is 0.514 e. The van der Waals surface area contributed by atoms with Gasteiger partial charge in [-0.05, 0) is 45.7 Å². The second kappa shape index (κ2) is 4.51. The minimum atomic E-state index is -0.441. The molecule has 0 unspecified atom stereocenters. The summed E-state index contributed by atoms with van der Waals surface area (Å²) in [6.07, 6.45) is 0.879. The van der Waals surface area contributed by atoms with Crippen molar-refractivity contribution in [3.8, 4) is 0 Å². The lowest BCUT2D eigenvalue weighted by Gasteiger charge is -2.32. The van der Waals surface area contributed by atoms with E-state index in [2.05, 4.69) is 11.9 Å². The van der Waals surface area contributed by atoms with Crippen LogP contribution in [0.2, 0.25) is 5.15 Å². The molecule has 0 spiro atoms. The van der Waals surface area contributed by atoms with Crippen LogP contribution in [-0.4, -0.2) is 23.3 Å². The number of aromatic nitrogens is 1. The van der Waals surface area contributed by atoms with E-state index in [1.807, 2.05) is 33.8 Å². The maximum atomic E-state index is 6.00. The van der Waals surface area contributed by atoms with Crippen molar-refractivity contribution in [3.63, 3.8) is 0 Å². The van der Waals surface area contributed by atoms with Crippen LogP contribution in [0, 0.1) is 0 Å². The van der Waals surface area contributed by atoms with Crippen molar-refractivity contribution in [2.45, 2.75) is 52.2 Å². The van der Waals surface area contributed by atoms with E-state index in [1.165, 1.54) is 0 Å². The third-order valence-electron chi connectivity index (χ3n) is 3.84. The van der Waals surface area contributed by atoms with Crippen molar-refractivity contribution >= 4 is 24.3 Å². The smallest absolute Gasteiger partial charge is 0.398 e. The third kappa shape index (κ3) is 2.29. The first-order valence-corrected chi connectivity index (χ1v) is 6.65. The van der Waals surface area contributed by atoms with Crippen LogP contribution >= 0.6 is 11.6 Å². The van der Waals surface area contributed by atoms with Crippen LogP contribution in [0.3, 0.4) is 0 Å². The van der Waals surface area contributed by atoms with E-state index in [1.54, 1.807) is 6.07 Å². The first kappa shape index (κ1) is 13.8. The van der Waals surface area contributed by atoms with Gasteiger partial charge in [-0.1, -0.05) is 24.6 Å². The molecular formula is C13H19BClNO2. The summed E-state index contributed by atoms with van der Waals surface area (Å²) in [5, 5.41) is 0.469. The second-order valence-corrected chi connectivity index (χ2v) is 6.01. The number of hydrogen-bond donors (Lipinski definition) is 0. The molecule has 0 amide bonds. The summed E-state index contributed by atoms with van der Waals surface area (Å²) in [7, 11) is -0.441. The molecule has 0 bridgehead atoms. The van der Waals surface area contributed by atoms with Gasteiger partial charge >= 0.3 is 7.12 Å². The third-order valence-corrected chi connectivity index (χ3v) is 4.05. The van der Waals surface area contributed by atoms with Gasteiger partial charge < -0.3 is 9.31 Å². The topological polar surface area (TPSA) is 31.4 Å². The van der Waals surface area contributed by atoms with Crippen LogP contribution in [-0.2, 0) is 15.7 Å². The molecule has 1 fully saturated rings. The molecule has 2 rings (SSSR count). The Morgan fingerprint density at radius 1 is 1.17 bits per heavy atom. The summed E-state index contributed by atoms with van der Waals surface area (Å²) in [5.74, 6) is 0. The molecular weight excluding hydrogens is 248 g/mol. The SMILES string of the molecule is CCc1ccc(Cl)nc1B1OC(C)(C)C(C)(C)O1. The number of halogens is 1. The summed E-state index contributed by atoms with van der Waals surface area (Å²) in [6.45, 7) is 10.2. The maximum absolute atomic E-state index is 6.00. The molecule has 3 nitrogen and oxygen atoms in total. The lowest BCUT2D eigenvalue weighted by atomic mass is 9.80. The molecule has 0 N–H and O–H groups in total. The maximum Gasteiger partial charge on any atom is 0.514 e. The molecule has 1 aromatic rings. The fourth-order valence-electron chi connectivity index (χ4n) is 1.94. The van der Waals surface area contributed by atoms with Gasteiger partial charge in [-0.15, -0.1) is 0 Å². The summed E-state index contributed by atoms with van der Waals surface area (Å²) in [4.78, 5) is 4.37. The van der Waals surface area contributed by atoms with E-state index < -0.39 is 7.12 Å². The highest BCUT2D eigenvalue weighted by molar-refractivity contribution is 6.61. The van der Waals surface area contributed by atoms with Crippen LogP contribution < -0.4 is 5.59 Å². The molecule has 5 heteroatoms. The molecule has 1 aliphatic heterocycles. The molecule has 0 saturated carbocycles. The molecule has 0 aliphatic carbocycles. The van der Waals surface area contributed by atoms with Crippen molar-refractivity contribution in [3.05, 3.63) is 22.8 Å². The Bertz CT molecular complexity index is 446. The lowest BCUT2D eigenvalue weighted by molar-refractivity contribution is 0.00578. The Morgan fingerprint density at radius 3 is 2.22 bits per heavy atom. The van der Waals surface area contributed by atoms with Crippen molar-refractivity contribution in [1.29, 1.82) is 0 Å². The fourth-order valence-corrected chi connectivity index (χ4v) is 2.09. The zero-order valence-electron chi connectivity index (χ0n) is 11.6. The fraction of sp³-hybridized carbons (Fsp3) is 0.615. The van der Waals surface area contributed by atoms with Gasteiger partial charge in [-0.25, -0.2) is 4.98 Å².